The number of carbonyl (C=O) groups excluding carboxylic acids is 3. The fourth-order valence-corrected chi connectivity index (χ4v) is 3.52. The molecule has 1 aromatic carbocycles. The van der Waals surface area contributed by atoms with Gasteiger partial charge in [0.25, 0.3) is 0 Å². The number of carbonyl (C=O) groups is 4. The zero-order valence-corrected chi connectivity index (χ0v) is 21.5. The SMILES string of the molecule is CCC(C)C(NC(=O)C(CC(C)C)NC(=O)C(N)CS)C(=O)NC(Cc1ccc(O)cc1)C(=O)O. The molecule has 1 aromatic rings. The number of nitrogens with two attached hydrogens (primary N) is 1. The van der Waals surface area contributed by atoms with Crippen LogP contribution in [0.4, 0.5) is 0 Å². The number of carboxylic acids is 1. The zero-order chi connectivity index (χ0) is 26.7. The van der Waals surface area contributed by atoms with Gasteiger partial charge in [0.2, 0.25) is 17.7 Å². The predicted octanol–water partition coefficient (Wildman–Crippen LogP) is 0.823. The number of rotatable bonds is 14. The van der Waals surface area contributed by atoms with Gasteiger partial charge in [-0.15, -0.1) is 0 Å². The molecule has 5 unspecified atom stereocenters. The first-order chi connectivity index (χ1) is 16.4. The molecule has 35 heavy (non-hydrogen) atoms. The summed E-state index contributed by atoms with van der Waals surface area (Å²) in [5.41, 5.74) is 6.33. The molecule has 7 N–H and O–H groups in total. The van der Waals surface area contributed by atoms with Crippen molar-refractivity contribution in [3.05, 3.63) is 29.8 Å². The molecule has 5 atom stereocenters. The van der Waals surface area contributed by atoms with E-state index in [2.05, 4.69) is 28.6 Å². The summed E-state index contributed by atoms with van der Waals surface area (Å²) >= 11 is 4.01. The highest BCUT2D eigenvalue weighted by Gasteiger charge is 2.33. The van der Waals surface area contributed by atoms with E-state index in [1.165, 1.54) is 12.1 Å². The maximum atomic E-state index is 13.1. The molecular weight excluding hydrogens is 472 g/mol. The number of amides is 3. The number of thiol groups is 1. The number of hydrogen-bond donors (Lipinski definition) is 7. The quantitative estimate of drug-likeness (QED) is 0.182. The molecule has 3 amide bonds. The van der Waals surface area contributed by atoms with E-state index in [9.17, 15) is 29.4 Å². The first kappa shape index (κ1) is 30.2. The second-order valence-corrected chi connectivity index (χ2v) is 9.49. The Morgan fingerprint density at radius 3 is 2.00 bits per heavy atom. The molecule has 10 nitrogen and oxygen atoms in total. The van der Waals surface area contributed by atoms with Crippen LogP contribution in [-0.2, 0) is 25.6 Å². The summed E-state index contributed by atoms with van der Waals surface area (Å²) in [6.07, 6.45) is 0.861. The average molecular weight is 511 g/mol. The van der Waals surface area contributed by atoms with Crippen LogP contribution in [0.5, 0.6) is 5.75 Å². The van der Waals surface area contributed by atoms with E-state index >= 15 is 0 Å². The predicted molar refractivity (Wildman–Crippen MR) is 136 cm³/mol. The molecule has 0 radical (unpaired) electrons. The van der Waals surface area contributed by atoms with Crippen molar-refractivity contribution in [3.63, 3.8) is 0 Å². The molecule has 196 valence electrons. The Bertz CT molecular complexity index is 864. The molecule has 0 aliphatic heterocycles. The van der Waals surface area contributed by atoms with Crippen LogP contribution in [0.1, 0.15) is 46.1 Å². The first-order valence-corrected chi connectivity index (χ1v) is 12.3. The smallest absolute Gasteiger partial charge is 0.326 e. The van der Waals surface area contributed by atoms with Gasteiger partial charge in [-0.25, -0.2) is 4.79 Å². The summed E-state index contributed by atoms with van der Waals surface area (Å²) in [7, 11) is 0. The molecule has 0 saturated carbocycles. The van der Waals surface area contributed by atoms with Gasteiger partial charge in [0.15, 0.2) is 0 Å². The van der Waals surface area contributed by atoms with E-state index in [4.69, 9.17) is 5.73 Å². The Hall–Kier alpha value is -2.79. The van der Waals surface area contributed by atoms with E-state index in [1.54, 1.807) is 19.1 Å². The highest BCUT2D eigenvalue weighted by atomic mass is 32.1. The second-order valence-electron chi connectivity index (χ2n) is 9.12. The van der Waals surface area contributed by atoms with E-state index in [-0.39, 0.29) is 29.8 Å². The lowest BCUT2D eigenvalue weighted by Crippen LogP contribution is -2.59. The van der Waals surface area contributed by atoms with Gasteiger partial charge in [-0.2, -0.15) is 12.6 Å². The number of benzene rings is 1. The molecule has 0 bridgehead atoms. The van der Waals surface area contributed by atoms with Crippen LogP contribution in [-0.4, -0.2) is 63.8 Å². The topological polar surface area (TPSA) is 171 Å². The minimum Gasteiger partial charge on any atom is -0.508 e. The summed E-state index contributed by atoms with van der Waals surface area (Å²) < 4.78 is 0. The molecule has 0 aliphatic carbocycles. The van der Waals surface area contributed by atoms with Crippen molar-refractivity contribution in [1.82, 2.24) is 16.0 Å². The van der Waals surface area contributed by atoms with Crippen molar-refractivity contribution in [1.29, 1.82) is 0 Å². The Kier molecular flexibility index (Phi) is 12.6. The summed E-state index contributed by atoms with van der Waals surface area (Å²) in [6, 6.07) is 1.95. The van der Waals surface area contributed by atoms with Gasteiger partial charge in [-0.1, -0.05) is 46.2 Å². The molecule has 0 saturated heterocycles. The van der Waals surface area contributed by atoms with Crippen molar-refractivity contribution >= 4 is 36.3 Å². The molecular formula is C24H38N4O6S. The third-order valence-corrected chi connectivity index (χ3v) is 6.05. The lowest BCUT2D eigenvalue weighted by Gasteiger charge is -2.28. The Morgan fingerprint density at radius 1 is 0.943 bits per heavy atom. The number of carboxylic acid groups (broad SMARTS) is 1. The zero-order valence-electron chi connectivity index (χ0n) is 20.7. The highest BCUT2D eigenvalue weighted by molar-refractivity contribution is 7.80. The van der Waals surface area contributed by atoms with Crippen LogP contribution >= 0.6 is 12.6 Å². The molecule has 0 aromatic heterocycles. The number of aromatic hydroxyl groups is 1. The van der Waals surface area contributed by atoms with Gasteiger partial charge >= 0.3 is 5.97 Å². The summed E-state index contributed by atoms with van der Waals surface area (Å²) in [6.45, 7) is 7.41. The van der Waals surface area contributed by atoms with Crippen molar-refractivity contribution in [2.24, 2.45) is 17.6 Å². The number of hydrogen-bond acceptors (Lipinski definition) is 7. The fraction of sp³-hybridized carbons (Fsp3) is 0.583. The fourth-order valence-electron chi connectivity index (χ4n) is 3.35. The Balaban J connectivity index is 3.03. The van der Waals surface area contributed by atoms with E-state index in [0.29, 0.717) is 18.4 Å². The Morgan fingerprint density at radius 2 is 1.51 bits per heavy atom. The third-order valence-electron chi connectivity index (χ3n) is 5.66. The molecule has 0 spiro atoms. The van der Waals surface area contributed by atoms with Crippen LogP contribution in [0, 0.1) is 11.8 Å². The monoisotopic (exact) mass is 510 g/mol. The normalized spacial score (nSPS) is 15.4. The van der Waals surface area contributed by atoms with E-state index in [1.807, 2.05) is 20.8 Å². The summed E-state index contributed by atoms with van der Waals surface area (Å²) in [5, 5.41) is 26.9. The maximum Gasteiger partial charge on any atom is 0.326 e. The number of aliphatic carboxylic acids is 1. The second kappa shape index (κ2) is 14.6. The van der Waals surface area contributed by atoms with Gasteiger partial charge in [0, 0.05) is 12.2 Å². The maximum absolute atomic E-state index is 13.1. The van der Waals surface area contributed by atoms with Crippen LogP contribution in [0.15, 0.2) is 24.3 Å². The van der Waals surface area contributed by atoms with Crippen molar-refractivity contribution < 1.29 is 29.4 Å². The van der Waals surface area contributed by atoms with Gasteiger partial charge in [-0.3, -0.25) is 14.4 Å². The number of nitrogens with one attached hydrogen (secondary N) is 3. The largest absolute Gasteiger partial charge is 0.508 e. The molecule has 0 heterocycles. The van der Waals surface area contributed by atoms with Gasteiger partial charge in [-0.05, 0) is 36.0 Å². The summed E-state index contributed by atoms with van der Waals surface area (Å²) in [5.74, 6) is -3.03. The Labute approximate surface area is 211 Å². The van der Waals surface area contributed by atoms with Gasteiger partial charge in [0.1, 0.15) is 23.9 Å². The van der Waals surface area contributed by atoms with Crippen molar-refractivity contribution in [3.8, 4) is 5.75 Å². The molecule has 1 rings (SSSR count). The van der Waals surface area contributed by atoms with E-state index < -0.39 is 47.9 Å². The standard InChI is InChI=1S/C24H38N4O6S/c1-5-14(4)20(28-22(31)18(10-13(2)3)26-21(30)17(25)12-35)23(32)27-19(24(33)34)11-15-6-8-16(29)9-7-15/h6-9,13-14,17-20,29,35H,5,10-12,25H2,1-4H3,(H,26,30)(H,27,32)(H,28,31)(H,33,34). The van der Waals surface area contributed by atoms with Crippen LogP contribution < -0.4 is 21.7 Å². The van der Waals surface area contributed by atoms with E-state index in [0.717, 1.165) is 0 Å². The van der Waals surface area contributed by atoms with Gasteiger partial charge in [0.05, 0.1) is 6.04 Å². The third kappa shape index (κ3) is 10.2. The molecule has 11 heteroatoms. The minimum atomic E-state index is -1.24. The number of phenols is 1. The first-order valence-electron chi connectivity index (χ1n) is 11.7. The van der Waals surface area contributed by atoms with Crippen LogP contribution in [0.25, 0.3) is 0 Å². The van der Waals surface area contributed by atoms with Crippen molar-refractivity contribution in [2.75, 3.05) is 5.75 Å². The molecule has 0 aliphatic rings. The summed E-state index contributed by atoms with van der Waals surface area (Å²) in [4.78, 5) is 50.3. The average Bonchev–Trinajstić information content (AvgIpc) is 2.81. The van der Waals surface area contributed by atoms with Crippen LogP contribution in [0.2, 0.25) is 0 Å². The van der Waals surface area contributed by atoms with Crippen LogP contribution in [0.3, 0.4) is 0 Å². The minimum absolute atomic E-state index is 0.00380. The van der Waals surface area contributed by atoms with Gasteiger partial charge < -0.3 is 31.9 Å². The highest BCUT2D eigenvalue weighted by Crippen LogP contribution is 2.14. The number of phenolic OH excluding ortho intramolecular Hbond substituents is 1. The van der Waals surface area contributed by atoms with Crippen molar-refractivity contribution in [2.45, 2.75) is 71.1 Å². The molecule has 0 fully saturated rings. The lowest BCUT2D eigenvalue weighted by molar-refractivity contribution is -0.142. The lowest BCUT2D eigenvalue weighted by atomic mass is 9.96.